The predicted octanol–water partition coefficient (Wildman–Crippen LogP) is 1.14. The molecule has 3 aliphatic rings. The zero-order valence-corrected chi connectivity index (χ0v) is 19.6. The van der Waals surface area contributed by atoms with Gasteiger partial charge in [0.05, 0.1) is 19.7 Å². The molecule has 4 heterocycles. The zero-order chi connectivity index (χ0) is 25.1. The number of hydrogen-bond acceptors (Lipinski definition) is 9. The van der Waals surface area contributed by atoms with E-state index in [4.69, 9.17) is 19.9 Å². The topological polar surface area (TPSA) is 141 Å². The Bertz CT molecular complexity index is 1270. The van der Waals surface area contributed by atoms with Crippen molar-refractivity contribution in [1.82, 2.24) is 20.6 Å². The lowest BCUT2D eigenvalue weighted by molar-refractivity contribution is -0.123. The number of anilines is 2. The number of nitrogens with two attached hydrogens (primary N) is 1. The second-order valence-corrected chi connectivity index (χ2v) is 8.50. The van der Waals surface area contributed by atoms with Gasteiger partial charge in [0.25, 0.3) is 11.8 Å². The van der Waals surface area contributed by atoms with Crippen LogP contribution in [0.5, 0.6) is 17.2 Å². The molecule has 0 aliphatic carbocycles. The Balaban J connectivity index is 1.46. The Morgan fingerprint density at radius 2 is 1.94 bits per heavy atom. The lowest BCUT2D eigenvalue weighted by atomic mass is 10.1. The van der Waals surface area contributed by atoms with Gasteiger partial charge in [0.1, 0.15) is 17.7 Å². The van der Waals surface area contributed by atoms with Crippen molar-refractivity contribution < 1.29 is 23.8 Å². The molecule has 3 aliphatic heterocycles. The van der Waals surface area contributed by atoms with E-state index in [2.05, 4.69) is 20.6 Å². The van der Waals surface area contributed by atoms with Gasteiger partial charge in [-0.15, -0.1) is 0 Å². The molecular formula is C25H26N6O5. The van der Waals surface area contributed by atoms with Crippen molar-refractivity contribution in [3.63, 3.8) is 0 Å². The summed E-state index contributed by atoms with van der Waals surface area (Å²) in [6.45, 7) is 0.994. The molecule has 0 unspecified atom stereocenters. The number of nitrogens with one attached hydrogen (secondary N) is 2. The summed E-state index contributed by atoms with van der Waals surface area (Å²) in [6, 6.07) is 13.5. The fourth-order valence-electron chi connectivity index (χ4n) is 4.15. The van der Waals surface area contributed by atoms with Gasteiger partial charge in [0, 0.05) is 24.8 Å². The van der Waals surface area contributed by atoms with Gasteiger partial charge in [-0.1, -0.05) is 12.1 Å². The predicted molar refractivity (Wildman–Crippen MR) is 131 cm³/mol. The van der Waals surface area contributed by atoms with Crippen LogP contribution in [0.3, 0.4) is 0 Å². The number of carbonyl (C=O) groups excluding carboxylic acids is 2. The maximum atomic E-state index is 13.2. The number of nitrogens with zero attached hydrogens (tertiary/aromatic N) is 3. The van der Waals surface area contributed by atoms with E-state index in [0.29, 0.717) is 54.2 Å². The second kappa shape index (κ2) is 9.98. The van der Waals surface area contributed by atoms with Crippen LogP contribution in [0.4, 0.5) is 11.8 Å². The highest BCUT2D eigenvalue weighted by Gasteiger charge is 2.37. The summed E-state index contributed by atoms with van der Waals surface area (Å²) in [5.41, 5.74) is 7.12. The first-order valence-corrected chi connectivity index (χ1v) is 11.5. The summed E-state index contributed by atoms with van der Waals surface area (Å²) in [5, 5.41) is 5.88. The van der Waals surface area contributed by atoms with Crippen LogP contribution in [0.2, 0.25) is 0 Å². The van der Waals surface area contributed by atoms with Gasteiger partial charge in [-0.3, -0.25) is 9.59 Å². The van der Waals surface area contributed by atoms with E-state index >= 15 is 0 Å². The normalized spacial score (nSPS) is 19.9. The van der Waals surface area contributed by atoms with Gasteiger partial charge < -0.3 is 35.5 Å². The van der Waals surface area contributed by atoms with Gasteiger partial charge in [-0.25, -0.2) is 4.98 Å². The molecule has 0 saturated carbocycles. The van der Waals surface area contributed by atoms with E-state index in [1.165, 1.54) is 7.11 Å². The standard InChI is InChI=1S/C25H26N6O5/c1-34-19-7-4-16-10-20(19)35-14-23(32)28-11-15-2-5-17(6-3-15)36-21-13-31(12-18(21)29-24(16)33)25-27-9-8-22(26)30-25/h2-10,18,21H,11-14H2,1H3,(H,28,32)(H,29,33)(H2,26,27,30)/t18-,21-/m0/s1. The first kappa shape index (κ1) is 23.2. The van der Waals surface area contributed by atoms with Crippen molar-refractivity contribution in [3.8, 4) is 17.2 Å². The molecular weight excluding hydrogens is 464 g/mol. The highest BCUT2D eigenvalue weighted by Crippen LogP contribution is 2.29. The number of methoxy groups -OCH3 is 1. The van der Waals surface area contributed by atoms with Crippen molar-refractivity contribution in [1.29, 1.82) is 0 Å². The molecule has 11 heteroatoms. The van der Waals surface area contributed by atoms with Gasteiger partial charge >= 0.3 is 0 Å². The molecule has 36 heavy (non-hydrogen) atoms. The lowest BCUT2D eigenvalue weighted by Crippen LogP contribution is -2.45. The number of benzene rings is 2. The van der Waals surface area contributed by atoms with Crippen LogP contribution in [0.1, 0.15) is 15.9 Å². The Hall–Kier alpha value is -4.54. The number of nitrogen functional groups attached to an aromatic ring is 1. The molecule has 1 aromatic heterocycles. The SMILES string of the molecule is COc1ccc2cc1OCC(=O)NCc1ccc(cc1)O[C@H]1CN(c3nccc(N)n3)C[C@@H]1NC2=O. The summed E-state index contributed by atoms with van der Waals surface area (Å²) in [5.74, 6) is 1.57. The van der Waals surface area contributed by atoms with E-state index in [1.54, 1.807) is 30.5 Å². The van der Waals surface area contributed by atoms with E-state index in [0.717, 1.165) is 5.56 Å². The molecule has 4 bridgehead atoms. The second-order valence-electron chi connectivity index (χ2n) is 8.50. The fourth-order valence-corrected chi connectivity index (χ4v) is 4.15. The maximum Gasteiger partial charge on any atom is 0.258 e. The molecule has 186 valence electrons. The van der Waals surface area contributed by atoms with Crippen LogP contribution >= 0.6 is 0 Å². The molecule has 2 aromatic carbocycles. The van der Waals surface area contributed by atoms with E-state index < -0.39 is 0 Å². The third-order valence-corrected chi connectivity index (χ3v) is 6.02. The Labute approximate surface area is 207 Å². The average Bonchev–Trinajstić information content (AvgIpc) is 3.28. The summed E-state index contributed by atoms with van der Waals surface area (Å²) < 4.78 is 17.3. The number of aromatic nitrogens is 2. The quantitative estimate of drug-likeness (QED) is 0.482. The van der Waals surface area contributed by atoms with Crippen LogP contribution in [0.15, 0.2) is 54.7 Å². The van der Waals surface area contributed by atoms with Gasteiger partial charge in [0.2, 0.25) is 5.95 Å². The summed E-state index contributed by atoms with van der Waals surface area (Å²) >= 11 is 0. The number of fused-ring (bicyclic) bond motifs is 7. The minimum absolute atomic E-state index is 0.220. The summed E-state index contributed by atoms with van der Waals surface area (Å²) in [4.78, 5) is 36.1. The number of amides is 2. The van der Waals surface area contributed by atoms with Crippen molar-refractivity contribution in [2.24, 2.45) is 0 Å². The molecule has 2 amide bonds. The zero-order valence-electron chi connectivity index (χ0n) is 19.6. The van der Waals surface area contributed by atoms with Gasteiger partial charge in [-0.2, -0.15) is 4.98 Å². The monoisotopic (exact) mass is 490 g/mol. The fraction of sp³-hybridized carbons (Fsp3) is 0.280. The molecule has 1 saturated heterocycles. The number of hydrogen-bond donors (Lipinski definition) is 3. The molecule has 1 fully saturated rings. The van der Waals surface area contributed by atoms with Crippen molar-refractivity contribution >= 4 is 23.6 Å². The molecule has 2 atom stereocenters. The Morgan fingerprint density at radius 3 is 2.72 bits per heavy atom. The van der Waals surface area contributed by atoms with E-state index in [9.17, 15) is 9.59 Å². The third kappa shape index (κ3) is 5.09. The van der Waals surface area contributed by atoms with Crippen LogP contribution in [-0.4, -0.2) is 60.7 Å². The molecule has 0 spiro atoms. The largest absolute Gasteiger partial charge is 0.493 e. The smallest absolute Gasteiger partial charge is 0.258 e. The molecule has 11 nitrogen and oxygen atoms in total. The molecule has 6 rings (SSSR count). The van der Waals surface area contributed by atoms with Crippen LogP contribution < -0.4 is 35.5 Å². The minimum Gasteiger partial charge on any atom is -0.493 e. The summed E-state index contributed by atoms with van der Waals surface area (Å²) in [6.07, 6.45) is 1.22. The molecule has 3 aromatic rings. The van der Waals surface area contributed by atoms with Gasteiger partial charge in [-0.05, 0) is 42.0 Å². The van der Waals surface area contributed by atoms with Crippen LogP contribution in [0, 0.1) is 0 Å². The van der Waals surface area contributed by atoms with Crippen molar-refractivity contribution in [3.05, 3.63) is 65.9 Å². The van der Waals surface area contributed by atoms with E-state index in [1.807, 2.05) is 29.2 Å². The first-order chi connectivity index (χ1) is 17.5. The van der Waals surface area contributed by atoms with Crippen molar-refractivity contribution in [2.45, 2.75) is 18.7 Å². The molecule has 0 radical (unpaired) electrons. The van der Waals surface area contributed by atoms with Crippen LogP contribution in [-0.2, 0) is 11.3 Å². The first-order valence-electron chi connectivity index (χ1n) is 11.5. The van der Waals surface area contributed by atoms with E-state index in [-0.39, 0.29) is 30.6 Å². The van der Waals surface area contributed by atoms with Crippen molar-refractivity contribution in [2.75, 3.05) is 37.4 Å². The van der Waals surface area contributed by atoms with Crippen LogP contribution in [0.25, 0.3) is 0 Å². The minimum atomic E-state index is -0.380. The summed E-state index contributed by atoms with van der Waals surface area (Å²) in [7, 11) is 1.49. The van der Waals surface area contributed by atoms with Gasteiger partial charge in [0.15, 0.2) is 18.1 Å². The number of carbonyl (C=O) groups is 2. The number of ether oxygens (including phenoxy) is 3. The third-order valence-electron chi connectivity index (χ3n) is 6.02. The Morgan fingerprint density at radius 1 is 1.11 bits per heavy atom. The lowest BCUT2D eigenvalue weighted by Gasteiger charge is -2.21. The Kier molecular flexibility index (Phi) is 6.44. The average molecular weight is 491 g/mol. The molecule has 4 N–H and O–H groups in total. The number of rotatable bonds is 2. The highest BCUT2D eigenvalue weighted by molar-refractivity contribution is 5.95. The highest BCUT2D eigenvalue weighted by atomic mass is 16.5. The maximum absolute atomic E-state index is 13.2.